The van der Waals surface area contributed by atoms with Crippen LogP contribution >= 0.6 is 0 Å². The fourth-order valence-corrected chi connectivity index (χ4v) is 4.30. The molecule has 1 aliphatic heterocycles. The number of carbonyl (C=O) groups is 2. The van der Waals surface area contributed by atoms with Crippen molar-refractivity contribution in [2.45, 2.75) is 12.5 Å². The van der Waals surface area contributed by atoms with Crippen LogP contribution in [0.15, 0.2) is 30.3 Å². The van der Waals surface area contributed by atoms with Crippen molar-refractivity contribution in [1.82, 2.24) is 4.90 Å². The molecule has 25 heavy (non-hydrogen) atoms. The molecule has 0 bridgehead atoms. The minimum atomic E-state index is -3.08. The van der Waals surface area contributed by atoms with Gasteiger partial charge in [-0.3, -0.25) is 4.79 Å². The predicted octanol–water partition coefficient (Wildman–Crippen LogP) is 0.897. The second kappa shape index (κ2) is 8.15. The van der Waals surface area contributed by atoms with Gasteiger partial charge in [-0.2, -0.15) is 0 Å². The first kappa shape index (κ1) is 19.0. The SMILES string of the molecule is COc1ccccc1/C=C/C(=O)OCC(=O)N(C)[C@@H]1CCS(=O)(=O)C1. The van der Waals surface area contributed by atoms with Gasteiger partial charge in [-0.1, -0.05) is 18.2 Å². The molecule has 8 heteroatoms. The number of sulfone groups is 1. The van der Waals surface area contributed by atoms with Crippen LogP contribution in [0.2, 0.25) is 0 Å². The molecule has 0 saturated carbocycles. The number of hydrogen-bond donors (Lipinski definition) is 0. The number of benzene rings is 1. The van der Waals surface area contributed by atoms with Crippen LogP contribution in [-0.4, -0.2) is 63.5 Å². The minimum absolute atomic E-state index is 0.0448. The molecule has 0 spiro atoms. The molecule has 0 aliphatic carbocycles. The van der Waals surface area contributed by atoms with Crippen LogP contribution in [0, 0.1) is 0 Å². The first-order chi connectivity index (χ1) is 11.8. The van der Waals surface area contributed by atoms with Crippen molar-refractivity contribution in [3.63, 3.8) is 0 Å². The molecule has 0 N–H and O–H groups in total. The zero-order valence-corrected chi connectivity index (χ0v) is 15.0. The van der Waals surface area contributed by atoms with Gasteiger partial charge >= 0.3 is 5.97 Å². The Morgan fingerprint density at radius 1 is 1.32 bits per heavy atom. The number of para-hydroxylation sites is 1. The van der Waals surface area contributed by atoms with Gasteiger partial charge < -0.3 is 14.4 Å². The number of rotatable bonds is 6. The van der Waals surface area contributed by atoms with Crippen LogP contribution in [0.3, 0.4) is 0 Å². The summed E-state index contributed by atoms with van der Waals surface area (Å²) in [5, 5.41) is 0. The number of esters is 1. The van der Waals surface area contributed by atoms with Crippen LogP contribution in [0.4, 0.5) is 0 Å². The summed E-state index contributed by atoms with van der Waals surface area (Å²) in [7, 11) is -0.0252. The van der Waals surface area contributed by atoms with E-state index >= 15 is 0 Å². The number of likely N-dealkylation sites (N-methyl/N-ethyl adjacent to an activating group) is 1. The third kappa shape index (κ3) is 5.32. The lowest BCUT2D eigenvalue weighted by Crippen LogP contribution is -2.40. The highest BCUT2D eigenvalue weighted by Gasteiger charge is 2.32. The molecule has 1 saturated heterocycles. The van der Waals surface area contributed by atoms with E-state index in [0.29, 0.717) is 17.7 Å². The molecule has 2 rings (SSSR count). The van der Waals surface area contributed by atoms with Gasteiger partial charge in [-0.05, 0) is 18.6 Å². The Balaban J connectivity index is 1.85. The second-order valence-electron chi connectivity index (χ2n) is 5.74. The van der Waals surface area contributed by atoms with E-state index in [0.717, 1.165) is 0 Å². The maximum atomic E-state index is 12.0. The molecule has 1 atom stereocenters. The molecule has 0 aromatic heterocycles. The van der Waals surface area contributed by atoms with Gasteiger partial charge in [-0.25, -0.2) is 13.2 Å². The molecular weight excluding hydrogens is 346 g/mol. The van der Waals surface area contributed by atoms with Gasteiger partial charge in [0.1, 0.15) is 5.75 Å². The van der Waals surface area contributed by atoms with Gasteiger partial charge in [0, 0.05) is 24.7 Å². The topological polar surface area (TPSA) is 90.0 Å². The van der Waals surface area contributed by atoms with Gasteiger partial charge in [0.2, 0.25) is 0 Å². The highest BCUT2D eigenvalue weighted by molar-refractivity contribution is 7.91. The van der Waals surface area contributed by atoms with Crippen LogP contribution in [0.5, 0.6) is 5.75 Å². The van der Waals surface area contributed by atoms with Crippen molar-refractivity contribution < 1.29 is 27.5 Å². The van der Waals surface area contributed by atoms with Crippen molar-refractivity contribution in [3.8, 4) is 5.75 Å². The highest BCUT2D eigenvalue weighted by atomic mass is 32.2. The van der Waals surface area contributed by atoms with E-state index in [-0.39, 0.29) is 17.5 Å². The normalized spacial score (nSPS) is 18.9. The molecular formula is C17H21NO6S. The quantitative estimate of drug-likeness (QED) is 0.548. The Kier molecular flexibility index (Phi) is 6.19. The third-order valence-corrected chi connectivity index (χ3v) is 5.78. The zero-order valence-electron chi connectivity index (χ0n) is 14.2. The maximum absolute atomic E-state index is 12.0. The summed E-state index contributed by atoms with van der Waals surface area (Å²) in [5.74, 6) is -0.439. The van der Waals surface area contributed by atoms with Gasteiger partial charge in [0.05, 0.1) is 18.6 Å². The van der Waals surface area contributed by atoms with Crippen molar-refractivity contribution in [2.75, 3.05) is 32.3 Å². The van der Waals surface area contributed by atoms with Crippen molar-refractivity contribution in [1.29, 1.82) is 0 Å². The van der Waals surface area contributed by atoms with E-state index in [2.05, 4.69) is 0 Å². The van der Waals surface area contributed by atoms with Crippen LogP contribution in [-0.2, 0) is 24.2 Å². The lowest BCUT2D eigenvalue weighted by atomic mass is 10.2. The summed E-state index contributed by atoms with van der Waals surface area (Å²) in [6.07, 6.45) is 3.16. The van der Waals surface area contributed by atoms with Crippen molar-refractivity contribution in [2.24, 2.45) is 0 Å². The summed E-state index contributed by atoms with van der Waals surface area (Å²) in [4.78, 5) is 25.1. The van der Waals surface area contributed by atoms with E-state index in [4.69, 9.17) is 9.47 Å². The Hall–Kier alpha value is -2.35. The molecule has 1 aliphatic rings. The van der Waals surface area contributed by atoms with Gasteiger partial charge in [-0.15, -0.1) is 0 Å². The van der Waals surface area contributed by atoms with E-state index in [1.54, 1.807) is 18.2 Å². The number of carbonyl (C=O) groups excluding carboxylic acids is 2. The Labute approximate surface area is 147 Å². The summed E-state index contributed by atoms with van der Waals surface area (Å²) in [6, 6.07) is 6.80. The molecule has 1 amide bonds. The molecule has 136 valence electrons. The standard InChI is InChI=1S/C17H21NO6S/c1-18(14-9-10-25(21,22)12-14)16(19)11-24-17(20)8-7-13-5-3-4-6-15(13)23-2/h3-8,14H,9-12H2,1-2H3/b8-7+/t14-/m1/s1. The van der Waals surface area contributed by atoms with Crippen LogP contribution in [0.25, 0.3) is 6.08 Å². The molecule has 1 aromatic rings. The van der Waals surface area contributed by atoms with Crippen LogP contribution in [0.1, 0.15) is 12.0 Å². The van der Waals surface area contributed by atoms with Gasteiger partial charge in [0.25, 0.3) is 5.91 Å². The number of hydrogen-bond acceptors (Lipinski definition) is 6. The fraction of sp³-hybridized carbons (Fsp3) is 0.412. The number of nitrogens with zero attached hydrogens (tertiary/aromatic N) is 1. The largest absolute Gasteiger partial charge is 0.496 e. The molecule has 1 fully saturated rings. The van der Waals surface area contributed by atoms with E-state index in [9.17, 15) is 18.0 Å². The van der Waals surface area contributed by atoms with Crippen LogP contribution < -0.4 is 4.74 Å². The smallest absolute Gasteiger partial charge is 0.331 e. The Morgan fingerprint density at radius 2 is 2.04 bits per heavy atom. The fourth-order valence-electron chi connectivity index (χ4n) is 2.53. The van der Waals surface area contributed by atoms with Crippen molar-refractivity contribution in [3.05, 3.63) is 35.9 Å². The van der Waals surface area contributed by atoms with E-state index in [1.807, 2.05) is 12.1 Å². The molecule has 1 aromatic carbocycles. The van der Waals surface area contributed by atoms with Crippen molar-refractivity contribution >= 4 is 27.8 Å². The van der Waals surface area contributed by atoms with Gasteiger partial charge in [0.15, 0.2) is 16.4 Å². The summed E-state index contributed by atoms with van der Waals surface area (Å²) in [6.45, 7) is -0.428. The Bertz CT molecular complexity index is 771. The molecule has 1 heterocycles. The highest BCUT2D eigenvalue weighted by Crippen LogP contribution is 2.19. The molecule has 7 nitrogen and oxygen atoms in total. The lowest BCUT2D eigenvalue weighted by molar-refractivity contribution is -0.148. The van der Waals surface area contributed by atoms with E-state index in [1.165, 1.54) is 25.1 Å². The predicted molar refractivity (Wildman–Crippen MR) is 92.8 cm³/mol. The molecule has 0 unspecified atom stereocenters. The zero-order chi connectivity index (χ0) is 18.4. The monoisotopic (exact) mass is 367 g/mol. The summed E-state index contributed by atoms with van der Waals surface area (Å²) >= 11 is 0. The first-order valence-corrected chi connectivity index (χ1v) is 9.58. The Morgan fingerprint density at radius 3 is 2.68 bits per heavy atom. The maximum Gasteiger partial charge on any atom is 0.331 e. The summed E-state index contributed by atoms with van der Waals surface area (Å²) < 4.78 is 33.0. The lowest BCUT2D eigenvalue weighted by Gasteiger charge is -2.22. The second-order valence-corrected chi connectivity index (χ2v) is 7.97. The summed E-state index contributed by atoms with van der Waals surface area (Å²) in [5.41, 5.74) is 0.710. The number of ether oxygens (including phenoxy) is 2. The number of methoxy groups -OCH3 is 1. The third-order valence-electron chi connectivity index (χ3n) is 4.03. The number of amides is 1. The average molecular weight is 367 g/mol. The molecule has 0 radical (unpaired) electrons. The first-order valence-electron chi connectivity index (χ1n) is 7.76. The minimum Gasteiger partial charge on any atom is -0.496 e. The van der Waals surface area contributed by atoms with E-state index < -0.39 is 28.3 Å². The average Bonchev–Trinajstić information content (AvgIpc) is 2.97.